The molecule has 0 saturated carbocycles. The van der Waals surface area contributed by atoms with E-state index < -0.39 is 5.41 Å². The summed E-state index contributed by atoms with van der Waals surface area (Å²) in [6, 6.07) is 43.2. The minimum atomic E-state index is -0.675. The van der Waals surface area contributed by atoms with Gasteiger partial charge < -0.3 is 10.5 Å². The highest BCUT2D eigenvalue weighted by Crippen LogP contribution is 2.46. The monoisotopic (exact) mass is 442 g/mol. The van der Waals surface area contributed by atoms with Crippen LogP contribution in [0, 0.1) is 0 Å². The number of hydrogen-bond donors (Lipinski definition) is 1. The molecule has 0 radical (unpaired) electrons. The van der Waals surface area contributed by atoms with Crippen LogP contribution in [-0.4, -0.2) is 4.98 Å². The SMILES string of the molecule is Nc1cc(OCc2ccccc2)cnc1C(c1ccccc1)(c1ccccc1)c1ccccc1. The van der Waals surface area contributed by atoms with Crippen molar-refractivity contribution in [2.24, 2.45) is 0 Å². The molecule has 3 nitrogen and oxygen atoms in total. The number of nitrogens with two attached hydrogens (primary N) is 1. The van der Waals surface area contributed by atoms with Gasteiger partial charge in [0, 0.05) is 6.07 Å². The van der Waals surface area contributed by atoms with Crippen molar-refractivity contribution in [3.63, 3.8) is 0 Å². The Hall–Kier alpha value is -4.37. The Morgan fingerprint density at radius 2 is 1.06 bits per heavy atom. The maximum atomic E-state index is 6.75. The number of pyridine rings is 1. The molecule has 0 aliphatic carbocycles. The molecule has 0 aliphatic rings. The van der Waals surface area contributed by atoms with Crippen LogP contribution in [0.4, 0.5) is 5.69 Å². The molecule has 5 aromatic rings. The average molecular weight is 443 g/mol. The van der Waals surface area contributed by atoms with Gasteiger partial charge in [-0.2, -0.15) is 0 Å². The van der Waals surface area contributed by atoms with Gasteiger partial charge in [0.05, 0.1) is 23.0 Å². The summed E-state index contributed by atoms with van der Waals surface area (Å²) in [6.45, 7) is 0.461. The summed E-state index contributed by atoms with van der Waals surface area (Å²) in [4.78, 5) is 4.94. The second-order valence-electron chi connectivity index (χ2n) is 8.23. The van der Waals surface area contributed by atoms with Crippen LogP contribution in [0.2, 0.25) is 0 Å². The molecule has 0 atom stereocenters. The lowest BCUT2D eigenvalue weighted by molar-refractivity contribution is 0.305. The summed E-state index contributed by atoms with van der Waals surface area (Å²) in [5.41, 5.74) is 11.8. The topological polar surface area (TPSA) is 48.1 Å². The fraction of sp³-hybridized carbons (Fsp3) is 0.0645. The van der Waals surface area contributed by atoms with Gasteiger partial charge >= 0.3 is 0 Å². The number of aromatic nitrogens is 1. The minimum Gasteiger partial charge on any atom is -0.487 e. The van der Waals surface area contributed by atoms with E-state index in [4.69, 9.17) is 15.5 Å². The van der Waals surface area contributed by atoms with Crippen molar-refractivity contribution in [1.29, 1.82) is 0 Å². The highest BCUT2D eigenvalue weighted by Gasteiger charge is 2.41. The average Bonchev–Trinajstić information content (AvgIpc) is 2.91. The van der Waals surface area contributed by atoms with E-state index in [1.54, 1.807) is 6.20 Å². The summed E-state index contributed by atoms with van der Waals surface area (Å²) < 4.78 is 6.02. The number of nitrogen functional groups attached to an aromatic ring is 1. The zero-order valence-corrected chi connectivity index (χ0v) is 18.8. The van der Waals surface area contributed by atoms with Gasteiger partial charge in [-0.3, -0.25) is 4.98 Å². The number of rotatable bonds is 7. The molecular weight excluding hydrogens is 416 g/mol. The smallest absolute Gasteiger partial charge is 0.140 e. The maximum Gasteiger partial charge on any atom is 0.140 e. The predicted octanol–water partition coefficient (Wildman–Crippen LogP) is 6.63. The molecule has 4 aromatic carbocycles. The molecule has 0 unspecified atom stereocenters. The fourth-order valence-corrected chi connectivity index (χ4v) is 4.57. The number of nitrogens with zero attached hydrogens (tertiary/aromatic N) is 1. The van der Waals surface area contributed by atoms with Gasteiger partial charge in [-0.25, -0.2) is 0 Å². The first-order valence-electron chi connectivity index (χ1n) is 11.4. The Labute approximate surface area is 200 Å². The molecule has 0 amide bonds. The van der Waals surface area contributed by atoms with Gasteiger partial charge in [0.25, 0.3) is 0 Å². The van der Waals surface area contributed by atoms with Gasteiger partial charge in [-0.15, -0.1) is 0 Å². The van der Waals surface area contributed by atoms with Gasteiger partial charge in [0.1, 0.15) is 12.4 Å². The Bertz CT molecular complexity index is 1240. The Balaban J connectivity index is 1.67. The standard InChI is InChI=1S/C31H26N2O/c32-29-21-28(34-23-24-13-5-1-6-14-24)22-33-30(29)31(25-15-7-2-8-16-25,26-17-9-3-10-18-26)27-19-11-4-12-20-27/h1-22H,23,32H2. The van der Waals surface area contributed by atoms with Gasteiger partial charge in [-0.05, 0) is 22.3 Å². The Morgan fingerprint density at radius 3 is 1.50 bits per heavy atom. The quantitative estimate of drug-likeness (QED) is 0.288. The molecule has 34 heavy (non-hydrogen) atoms. The van der Waals surface area contributed by atoms with Crippen LogP contribution in [0.5, 0.6) is 5.75 Å². The van der Waals surface area contributed by atoms with E-state index in [9.17, 15) is 0 Å². The van der Waals surface area contributed by atoms with E-state index in [2.05, 4.69) is 72.8 Å². The van der Waals surface area contributed by atoms with Crippen molar-refractivity contribution in [2.75, 3.05) is 5.73 Å². The Morgan fingerprint density at radius 1 is 0.618 bits per heavy atom. The third-order valence-corrected chi connectivity index (χ3v) is 6.12. The summed E-state index contributed by atoms with van der Waals surface area (Å²) in [5, 5.41) is 0. The van der Waals surface area contributed by atoms with Gasteiger partial charge in [0.15, 0.2) is 0 Å². The van der Waals surface area contributed by atoms with Crippen LogP contribution in [0.15, 0.2) is 134 Å². The summed E-state index contributed by atoms with van der Waals surface area (Å²) in [5.74, 6) is 0.646. The van der Waals surface area contributed by atoms with E-state index in [0.717, 1.165) is 27.9 Å². The van der Waals surface area contributed by atoms with Crippen LogP contribution in [0.1, 0.15) is 27.9 Å². The molecule has 5 rings (SSSR count). The zero-order chi connectivity index (χ0) is 23.2. The van der Waals surface area contributed by atoms with Crippen molar-refractivity contribution in [3.05, 3.63) is 162 Å². The van der Waals surface area contributed by atoms with Crippen molar-refractivity contribution in [3.8, 4) is 5.75 Å². The van der Waals surface area contributed by atoms with Crippen LogP contribution >= 0.6 is 0 Å². The lowest BCUT2D eigenvalue weighted by Gasteiger charge is -2.36. The van der Waals surface area contributed by atoms with Gasteiger partial charge in [-0.1, -0.05) is 121 Å². The molecule has 1 aromatic heterocycles. The lowest BCUT2D eigenvalue weighted by atomic mass is 9.66. The van der Waals surface area contributed by atoms with Crippen molar-refractivity contribution in [2.45, 2.75) is 12.0 Å². The van der Waals surface area contributed by atoms with E-state index in [1.807, 2.05) is 54.6 Å². The van der Waals surface area contributed by atoms with E-state index in [1.165, 1.54) is 0 Å². The molecule has 0 spiro atoms. The summed E-state index contributed by atoms with van der Waals surface area (Å²) in [7, 11) is 0. The zero-order valence-electron chi connectivity index (χ0n) is 18.8. The van der Waals surface area contributed by atoms with Gasteiger partial charge in [0.2, 0.25) is 0 Å². The summed E-state index contributed by atoms with van der Waals surface area (Å²) >= 11 is 0. The highest BCUT2D eigenvalue weighted by atomic mass is 16.5. The molecule has 0 bridgehead atoms. The second kappa shape index (κ2) is 9.63. The first kappa shape index (κ1) is 21.5. The first-order valence-corrected chi connectivity index (χ1v) is 11.4. The van der Waals surface area contributed by atoms with E-state index in [0.29, 0.717) is 18.0 Å². The summed E-state index contributed by atoms with van der Waals surface area (Å²) in [6.07, 6.45) is 1.78. The van der Waals surface area contributed by atoms with Crippen LogP contribution < -0.4 is 10.5 Å². The molecule has 0 saturated heterocycles. The number of ether oxygens (including phenoxy) is 1. The number of hydrogen-bond acceptors (Lipinski definition) is 3. The van der Waals surface area contributed by atoms with Crippen LogP contribution in [0.3, 0.4) is 0 Å². The molecule has 0 fully saturated rings. The van der Waals surface area contributed by atoms with Crippen molar-refractivity contribution in [1.82, 2.24) is 4.98 Å². The fourth-order valence-electron chi connectivity index (χ4n) is 4.57. The third-order valence-electron chi connectivity index (χ3n) is 6.12. The first-order chi connectivity index (χ1) is 16.8. The van der Waals surface area contributed by atoms with Crippen molar-refractivity contribution < 1.29 is 4.74 Å². The number of anilines is 1. The van der Waals surface area contributed by atoms with E-state index >= 15 is 0 Å². The molecule has 3 heteroatoms. The van der Waals surface area contributed by atoms with Crippen LogP contribution in [0.25, 0.3) is 0 Å². The molecule has 1 heterocycles. The highest BCUT2D eigenvalue weighted by molar-refractivity contribution is 5.65. The second-order valence-corrected chi connectivity index (χ2v) is 8.23. The predicted molar refractivity (Wildman–Crippen MR) is 138 cm³/mol. The minimum absolute atomic E-state index is 0.461. The van der Waals surface area contributed by atoms with Crippen molar-refractivity contribution >= 4 is 5.69 Å². The maximum absolute atomic E-state index is 6.75. The van der Waals surface area contributed by atoms with E-state index in [-0.39, 0.29) is 0 Å². The Kier molecular flexibility index (Phi) is 6.09. The molecule has 166 valence electrons. The molecular formula is C31H26N2O. The lowest BCUT2D eigenvalue weighted by Crippen LogP contribution is -2.33. The molecule has 2 N–H and O–H groups in total. The van der Waals surface area contributed by atoms with Crippen LogP contribution in [-0.2, 0) is 12.0 Å². The largest absolute Gasteiger partial charge is 0.487 e. The molecule has 0 aliphatic heterocycles. The third kappa shape index (κ3) is 4.04. The number of benzene rings is 4. The normalized spacial score (nSPS) is 11.2.